The number of rotatable bonds is 4. The standard InChI is InChI=1S/C10H16N4O2/c1-7(2)13-8(15)6-14(3)9-10(16)12-5-4-11-9/h4-5,7H,6H2,1-3H3,(H,12,16)(H,13,15). The number of anilines is 1. The molecule has 0 unspecified atom stereocenters. The van der Waals surface area contributed by atoms with Crippen molar-refractivity contribution < 1.29 is 4.79 Å². The van der Waals surface area contributed by atoms with Crippen molar-refractivity contribution in [2.24, 2.45) is 0 Å². The summed E-state index contributed by atoms with van der Waals surface area (Å²) in [7, 11) is 1.65. The van der Waals surface area contributed by atoms with Gasteiger partial charge in [-0.1, -0.05) is 0 Å². The van der Waals surface area contributed by atoms with Gasteiger partial charge in [-0.15, -0.1) is 0 Å². The Balaban J connectivity index is 2.66. The van der Waals surface area contributed by atoms with Crippen molar-refractivity contribution >= 4 is 11.7 Å². The monoisotopic (exact) mass is 224 g/mol. The van der Waals surface area contributed by atoms with Gasteiger partial charge in [-0.2, -0.15) is 0 Å². The summed E-state index contributed by atoms with van der Waals surface area (Å²) in [6.07, 6.45) is 2.93. The van der Waals surface area contributed by atoms with E-state index in [1.54, 1.807) is 7.05 Å². The molecule has 0 saturated heterocycles. The van der Waals surface area contributed by atoms with Gasteiger partial charge in [0.1, 0.15) is 0 Å². The Morgan fingerprint density at radius 2 is 2.31 bits per heavy atom. The van der Waals surface area contributed by atoms with Gasteiger partial charge in [-0.3, -0.25) is 9.59 Å². The molecule has 0 saturated carbocycles. The second-order valence-corrected chi connectivity index (χ2v) is 3.82. The topological polar surface area (TPSA) is 78.1 Å². The van der Waals surface area contributed by atoms with Gasteiger partial charge in [-0.25, -0.2) is 4.98 Å². The second kappa shape index (κ2) is 5.29. The zero-order valence-electron chi connectivity index (χ0n) is 9.65. The molecule has 1 aromatic rings. The van der Waals surface area contributed by atoms with Crippen LogP contribution in [0.1, 0.15) is 13.8 Å². The van der Waals surface area contributed by atoms with Crippen molar-refractivity contribution in [2.75, 3.05) is 18.5 Å². The van der Waals surface area contributed by atoms with Gasteiger partial charge in [0.25, 0.3) is 5.56 Å². The highest BCUT2D eigenvalue weighted by Crippen LogP contribution is 1.97. The number of hydrogen-bond donors (Lipinski definition) is 2. The van der Waals surface area contributed by atoms with Crippen LogP contribution in [0.15, 0.2) is 17.2 Å². The molecule has 2 N–H and O–H groups in total. The van der Waals surface area contributed by atoms with Crippen LogP contribution in [0.4, 0.5) is 5.82 Å². The predicted octanol–water partition coefficient (Wildman–Crippen LogP) is -0.269. The van der Waals surface area contributed by atoms with Crippen LogP contribution in [0.25, 0.3) is 0 Å². The van der Waals surface area contributed by atoms with E-state index >= 15 is 0 Å². The van der Waals surface area contributed by atoms with E-state index in [-0.39, 0.29) is 29.9 Å². The third-order valence-electron chi connectivity index (χ3n) is 1.88. The minimum atomic E-state index is -0.303. The highest BCUT2D eigenvalue weighted by Gasteiger charge is 2.11. The van der Waals surface area contributed by atoms with E-state index < -0.39 is 0 Å². The number of aromatic nitrogens is 2. The van der Waals surface area contributed by atoms with E-state index in [0.717, 1.165) is 0 Å². The Kier molecular flexibility index (Phi) is 4.04. The molecule has 0 spiro atoms. The van der Waals surface area contributed by atoms with Crippen molar-refractivity contribution in [3.05, 3.63) is 22.7 Å². The molecule has 6 heteroatoms. The van der Waals surface area contributed by atoms with E-state index in [2.05, 4.69) is 15.3 Å². The third-order valence-corrected chi connectivity index (χ3v) is 1.88. The summed E-state index contributed by atoms with van der Waals surface area (Å²) < 4.78 is 0. The molecule has 16 heavy (non-hydrogen) atoms. The molecule has 1 rings (SSSR count). The smallest absolute Gasteiger partial charge is 0.290 e. The zero-order chi connectivity index (χ0) is 12.1. The average Bonchev–Trinajstić information content (AvgIpc) is 2.16. The molecule has 0 aliphatic rings. The van der Waals surface area contributed by atoms with Gasteiger partial charge in [0.2, 0.25) is 5.91 Å². The second-order valence-electron chi connectivity index (χ2n) is 3.82. The zero-order valence-corrected chi connectivity index (χ0v) is 9.65. The summed E-state index contributed by atoms with van der Waals surface area (Å²) in [6.45, 7) is 3.87. The lowest BCUT2D eigenvalue weighted by molar-refractivity contribution is -0.120. The van der Waals surface area contributed by atoms with Crippen LogP contribution in [-0.4, -0.2) is 35.5 Å². The summed E-state index contributed by atoms with van der Waals surface area (Å²) in [4.78, 5) is 30.8. The van der Waals surface area contributed by atoms with Gasteiger partial charge < -0.3 is 15.2 Å². The van der Waals surface area contributed by atoms with Crippen LogP contribution in [0.5, 0.6) is 0 Å². The quantitative estimate of drug-likeness (QED) is 0.738. The minimum absolute atomic E-state index is 0.0860. The van der Waals surface area contributed by atoms with Crippen LogP contribution < -0.4 is 15.8 Å². The molecule has 0 aliphatic heterocycles. The molecule has 0 aliphatic carbocycles. The highest BCUT2D eigenvalue weighted by atomic mass is 16.2. The Labute approximate surface area is 93.7 Å². The fraction of sp³-hybridized carbons (Fsp3) is 0.500. The van der Waals surface area contributed by atoms with E-state index in [1.807, 2.05) is 13.8 Å². The Hall–Kier alpha value is -1.85. The first-order valence-corrected chi connectivity index (χ1v) is 5.05. The van der Waals surface area contributed by atoms with Gasteiger partial charge >= 0.3 is 0 Å². The van der Waals surface area contributed by atoms with Gasteiger partial charge in [0.05, 0.1) is 6.54 Å². The van der Waals surface area contributed by atoms with Crippen molar-refractivity contribution in [1.82, 2.24) is 15.3 Å². The largest absolute Gasteiger partial charge is 0.352 e. The number of aromatic amines is 1. The van der Waals surface area contributed by atoms with Crippen LogP contribution >= 0.6 is 0 Å². The number of hydrogen-bond acceptors (Lipinski definition) is 4. The number of likely N-dealkylation sites (N-methyl/N-ethyl adjacent to an activating group) is 1. The number of nitrogens with zero attached hydrogens (tertiary/aromatic N) is 2. The first kappa shape index (κ1) is 12.2. The lowest BCUT2D eigenvalue weighted by Crippen LogP contribution is -2.40. The van der Waals surface area contributed by atoms with Crippen molar-refractivity contribution in [3.63, 3.8) is 0 Å². The van der Waals surface area contributed by atoms with E-state index in [1.165, 1.54) is 17.3 Å². The average molecular weight is 224 g/mol. The third kappa shape index (κ3) is 3.38. The summed E-state index contributed by atoms with van der Waals surface area (Å²) in [5.74, 6) is 0.101. The molecule has 0 radical (unpaired) electrons. The first-order valence-electron chi connectivity index (χ1n) is 5.05. The van der Waals surface area contributed by atoms with Gasteiger partial charge in [0, 0.05) is 25.5 Å². The Morgan fingerprint density at radius 1 is 1.62 bits per heavy atom. The summed E-state index contributed by atoms with van der Waals surface area (Å²) >= 11 is 0. The van der Waals surface area contributed by atoms with Crippen LogP contribution in [0.2, 0.25) is 0 Å². The fourth-order valence-corrected chi connectivity index (χ4v) is 1.27. The van der Waals surface area contributed by atoms with E-state index in [9.17, 15) is 9.59 Å². The number of carbonyl (C=O) groups is 1. The fourth-order valence-electron chi connectivity index (χ4n) is 1.27. The molecule has 0 fully saturated rings. The van der Waals surface area contributed by atoms with Crippen molar-refractivity contribution in [1.29, 1.82) is 0 Å². The van der Waals surface area contributed by atoms with Gasteiger partial charge in [0.15, 0.2) is 5.82 Å². The van der Waals surface area contributed by atoms with E-state index in [4.69, 9.17) is 0 Å². The maximum Gasteiger partial charge on any atom is 0.290 e. The maximum absolute atomic E-state index is 11.5. The lowest BCUT2D eigenvalue weighted by Gasteiger charge is -2.17. The molecular formula is C10H16N4O2. The molecule has 1 aromatic heterocycles. The van der Waals surface area contributed by atoms with Crippen molar-refractivity contribution in [3.8, 4) is 0 Å². The van der Waals surface area contributed by atoms with Crippen LogP contribution in [0.3, 0.4) is 0 Å². The summed E-state index contributed by atoms with van der Waals surface area (Å²) in [5, 5.41) is 2.74. The predicted molar refractivity (Wildman–Crippen MR) is 61.4 cm³/mol. The van der Waals surface area contributed by atoms with Crippen LogP contribution in [-0.2, 0) is 4.79 Å². The van der Waals surface area contributed by atoms with Crippen molar-refractivity contribution in [2.45, 2.75) is 19.9 Å². The molecule has 0 atom stereocenters. The SMILES string of the molecule is CC(C)NC(=O)CN(C)c1ncc[nH]c1=O. The molecule has 88 valence electrons. The Bertz CT molecular complexity index is 413. The van der Waals surface area contributed by atoms with Gasteiger partial charge in [-0.05, 0) is 13.8 Å². The summed E-state index contributed by atoms with van der Waals surface area (Å²) in [5.41, 5.74) is -0.303. The molecular weight excluding hydrogens is 208 g/mol. The maximum atomic E-state index is 11.5. The molecule has 0 aromatic carbocycles. The molecule has 1 heterocycles. The minimum Gasteiger partial charge on any atom is -0.352 e. The van der Waals surface area contributed by atoms with Crippen LogP contribution in [0, 0.1) is 0 Å². The van der Waals surface area contributed by atoms with E-state index in [0.29, 0.717) is 0 Å². The highest BCUT2D eigenvalue weighted by molar-refractivity contribution is 5.80. The number of nitrogens with one attached hydrogen (secondary N) is 2. The number of H-pyrrole nitrogens is 1. The molecule has 0 bridgehead atoms. The molecule has 1 amide bonds. The number of carbonyl (C=O) groups excluding carboxylic acids is 1. The number of amides is 1. The lowest BCUT2D eigenvalue weighted by atomic mass is 10.4. The summed E-state index contributed by atoms with van der Waals surface area (Å²) in [6, 6.07) is 0.0860. The Morgan fingerprint density at radius 3 is 2.88 bits per heavy atom. The molecule has 6 nitrogen and oxygen atoms in total. The first-order chi connectivity index (χ1) is 7.50. The normalized spacial score (nSPS) is 10.2.